The Morgan fingerprint density at radius 3 is 2.29 bits per heavy atom. The molecule has 0 fully saturated rings. The highest BCUT2D eigenvalue weighted by Crippen LogP contribution is 2.36. The first-order chi connectivity index (χ1) is 10.0. The summed E-state index contributed by atoms with van der Waals surface area (Å²) >= 11 is 0. The molecule has 1 aromatic carbocycles. The molecule has 0 saturated heterocycles. The first kappa shape index (κ1) is 14.9. The average Bonchev–Trinajstić information content (AvgIpc) is 2.46. The zero-order valence-corrected chi connectivity index (χ0v) is 11.2. The second-order valence-corrected chi connectivity index (χ2v) is 4.62. The van der Waals surface area contributed by atoms with Gasteiger partial charge in [0.2, 0.25) is 5.95 Å². The number of aromatic nitrogens is 1. The Hall–Kier alpha value is -2.50. The second-order valence-electron chi connectivity index (χ2n) is 4.62. The summed E-state index contributed by atoms with van der Waals surface area (Å²) in [5, 5.41) is 3.83. The number of hydrogen-bond acceptors (Lipinski definition) is 3. The zero-order valence-electron chi connectivity index (χ0n) is 11.2. The van der Waals surface area contributed by atoms with Gasteiger partial charge in [0.15, 0.2) is 0 Å². The third-order valence-corrected chi connectivity index (χ3v) is 3.31. The van der Waals surface area contributed by atoms with Gasteiger partial charge in [0.25, 0.3) is 0 Å². The summed E-state index contributed by atoms with van der Waals surface area (Å²) in [4.78, 5) is 6.43. The normalized spacial score (nSPS) is 14.9. The smallest absolute Gasteiger partial charge is 0.212 e. The lowest BCUT2D eigenvalue weighted by Gasteiger charge is -2.33. The lowest BCUT2D eigenvalue weighted by Crippen LogP contribution is -2.42. The van der Waals surface area contributed by atoms with Crippen molar-refractivity contribution in [3.8, 4) is 0 Å². The molecule has 0 bridgehead atoms. The van der Waals surface area contributed by atoms with Crippen molar-refractivity contribution in [1.29, 1.82) is 0 Å². The number of halogens is 2. The molecule has 108 valence electrons. The highest BCUT2D eigenvalue weighted by Gasteiger charge is 2.38. The van der Waals surface area contributed by atoms with Crippen molar-refractivity contribution in [3.63, 3.8) is 0 Å². The monoisotopic (exact) mass is 289 g/mol. The van der Waals surface area contributed by atoms with Gasteiger partial charge in [0.1, 0.15) is 11.4 Å². The van der Waals surface area contributed by atoms with Crippen LogP contribution < -0.4 is 5.73 Å². The Labute approximate surface area is 120 Å². The van der Waals surface area contributed by atoms with Crippen LogP contribution in [0.3, 0.4) is 0 Å². The van der Waals surface area contributed by atoms with Crippen molar-refractivity contribution in [2.75, 3.05) is 0 Å². The largest absolute Gasteiger partial charge is 0.327 e. The van der Waals surface area contributed by atoms with Crippen LogP contribution in [0.2, 0.25) is 0 Å². The van der Waals surface area contributed by atoms with Crippen LogP contribution in [-0.4, -0.2) is 11.0 Å². The minimum Gasteiger partial charge on any atom is -0.327 e. The van der Waals surface area contributed by atoms with E-state index in [0.717, 1.165) is 6.07 Å². The first-order valence-electron chi connectivity index (χ1n) is 6.20. The average molecular weight is 289 g/mol. The molecule has 1 heterocycles. The lowest BCUT2D eigenvalue weighted by molar-refractivity contribution is 0.439. The topological polar surface area (TPSA) is 87.7 Å². The van der Waals surface area contributed by atoms with Crippen LogP contribution in [0, 0.1) is 11.8 Å². The van der Waals surface area contributed by atoms with Crippen LogP contribution in [0.1, 0.15) is 18.1 Å². The molecule has 0 spiro atoms. The maximum atomic E-state index is 13.1. The highest BCUT2D eigenvalue weighted by atomic mass is 19.1. The third kappa shape index (κ3) is 2.69. The summed E-state index contributed by atoms with van der Waals surface area (Å²) < 4.78 is 26.1. The van der Waals surface area contributed by atoms with Crippen LogP contribution in [0.25, 0.3) is 10.4 Å². The molecular formula is C14H13F2N5. The quantitative estimate of drug-likeness (QED) is 0.405. The van der Waals surface area contributed by atoms with Gasteiger partial charge in [-0.25, -0.2) is 9.37 Å². The molecule has 2 N–H and O–H groups in total. The molecule has 0 amide bonds. The van der Waals surface area contributed by atoms with E-state index in [4.69, 9.17) is 11.3 Å². The van der Waals surface area contributed by atoms with Crippen molar-refractivity contribution in [2.45, 2.75) is 18.5 Å². The summed E-state index contributed by atoms with van der Waals surface area (Å²) in [5.74, 6) is -1.08. The van der Waals surface area contributed by atoms with Crippen molar-refractivity contribution in [3.05, 3.63) is 75.9 Å². The van der Waals surface area contributed by atoms with E-state index in [1.807, 2.05) is 0 Å². The van der Waals surface area contributed by atoms with E-state index in [9.17, 15) is 8.78 Å². The maximum Gasteiger partial charge on any atom is 0.212 e. The summed E-state index contributed by atoms with van der Waals surface area (Å²) in [6.07, 6.45) is 1.26. The van der Waals surface area contributed by atoms with Crippen LogP contribution in [0.5, 0.6) is 0 Å². The molecule has 0 saturated carbocycles. The van der Waals surface area contributed by atoms with Crippen molar-refractivity contribution in [2.24, 2.45) is 10.8 Å². The van der Waals surface area contributed by atoms with Gasteiger partial charge in [0, 0.05) is 17.2 Å². The third-order valence-electron chi connectivity index (χ3n) is 3.31. The summed E-state index contributed by atoms with van der Waals surface area (Å²) in [6.45, 7) is 1.65. The Balaban J connectivity index is 2.71. The molecule has 2 rings (SSSR count). The van der Waals surface area contributed by atoms with Gasteiger partial charge < -0.3 is 5.73 Å². The molecule has 1 aromatic heterocycles. The van der Waals surface area contributed by atoms with E-state index >= 15 is 0 Å². The van der Waals surface area contributed by atoms with Gasteiger partial charge in [-0.2, -0.15) is 4.39 Å². The van der Waals surface area contributed by atoms with E-state index in [-0.39, 0.29) is 0 Å². The van der Waals surface area contributed by atoms with Gasteiger partial charge in [-0.05, 0) is 41.8 Å². The molecular weight excluding hydrogens is 276 g/mol. The molecule has 0 radical (unpaired) electrons. The Bertz CT molecular complexity index is 615. The van der Waals surface area contributed by atoms with Crippen LogP contribution in [0.15, 0.2) is 47.7 Å². The predicted molar refractivity (Wildman–Crippen MR) is 74.2 cm³/mol. The SMILES string of the molecule is C[C@H](N)[C@@](N=[N+]=[N-])(c1ccc(F)cc1)c1ccc(F)nc1. The number of pyridine rings is 1. The second kappa shape index (κ2) is 5.87. The molecule has 0 aliphatic rings. The Morgan fingerprint density at radius 2 is 1.81 bits per heavy atom. The predicted octanol–water partition coefficient (Wildman–Crippen LogP) is 3.26. The fourth-order valence-corrected chi connectivity index (χ4v) is 2.27. The standard InChI is InChI=1S/C14H13F2N5/c1-9(17)14(20-21-18,10-2-5-12(15)6-3-10)11-4-7-13(16)19-8-11/h2-9H,17H2,1H3/t9-,14+/m0/s1. The summed E-state index contributed by atoms with van der Waals surface area (Å²) in [5.41, 5.74) is 14.6. The molecule has 21 heavy (non-hydrogen) atoms. The molecule has 2 aromatic rings. The van der Waals surface area contributed by atoms with E-state index in [0.29, 0.717) is 11.1 Å². The van der Waals surface area contributed by atoms with E-state index < -0.39 is 23.3 Å². The minimum absolute atomic E-state index is 0.421. The summed E-state index contributed by atoms with van der Waals surface area (Å²) in [7, 11) is 0. The first-order valence-corrected chi connectivity index (χ1v) is 6.20. The van der Waals surface area contributed by atoms with Crippen molar-refractivity contribution >= 4 is 0 Å². The number of hydrogen-bond donors (Lipinski definition) is 1. The fraction of sp³-hybridized carbons (Fsp3) is 0.214. The van der Waals surface area contributed by atoms with Crippen LogP contribution >= 0.6 is 0 Å². The van der Waals surface area contributed by atoms with Crippen molar-refractivity contribution < 1.29 is 8.78 Å². The van der Waals surface area contributed by atoms with Gasteiger partial charge in [-0.3, -0.25) is 0 Å². The maximum absolute atomic E-state index is 13.1. The van der Waals surface area contributed by atoms with Gasteiger partial charge in [0.05, 0.1) is 0 Å². The Morgan fingerprint density at radius 1 is 1.19 bits per heavy atom. The van der Waals surface area contributed by atoms with Crippen LogP contribution in [-0.2, 0) is 5.54 Å². The van der Waals surface area contributed by atoms with Crippen LogP contribution in [0.4, 0.5) is 8.78 Å². The lowest BCUT2D eigenvalue weighted by atomic mass is 9.79. The Kier molecular flexibility index (Phi) is 4.16. The molecule has 7 heteroatoms. The van der Waals surface area contributed by atoms with Gasteiger partial charge in [-0.15, -0.1) is 0 Å². The molecule has 0 unspecified atom stereocenters. The van der Waals surface area contributed by atoms with Gasteiger partial charge in [-0.1, -0.05) is 23.3 Å². The highest BCUT2D eigenvalue weighted by molar-refractivity contribution is 5.39. The van der Waals surface area contributed by atoms with Gasteiger partial charge >= 0.3 is 0 Å². The van der Waals surface area contributed by atoms with Crippen molar-refractivity contribution in [1.82, 2.24) is 4.98 Å². The number of rotatable bonds is 4. The zero-order chi connectivity index (χ0) is 15.5. The fourth-order valence-electron chi connectivity index (χ4n) is 2.27. The molecule has 0 aliphatic carbocycles. The minimum atomic E-state index is -1.29. The van der Waals surface area contributed by atoms with E-state index in [1.54, 1.807) is 6.92 Å². The molecule has 0 aliphatic heterocycles. The number of nitrogens with two attached hydrogens (primary N) is 1. The number of azide groups is 1. The van der Waals surface area contributed by atoms with E-state index in [1.165, 1.54) is 36.5 Å². The number of benzene rings is 1. The number of nitrogens with zero attached hydrogens (tertiary/aromatic N) is 4. The van der Waals surface area contributed by atoms with E-state index in [2.05, 4.69) is 15.0 Å². The molecule has 2 atom stereocenters. The summed E-state index contributed by atoms with van der Waals surface area (Å²) in [6, 6.07) is 7.43. The molecule has 5 nitrogen and oxygen atoms in total.